The molecule has 0 spiro atoms. The zero-order valence-electron chi connectivity index (χ0n) is 16.2. The summed E-state index contributed by atoms with van der Waals surface area (Å²) >= 11 is 0. The first-order valence-corrected chi connectivity index (χ1v) is 8.29. The molecule has 0 bridgehead atoms. The van der Waals surface area contributed by atoms with E-state index in [2.05, 4.69) is 10.5 Å². The van der Waals surface area contributed by atoms with E-state index in [1.165, 1.54) is 27.5 Å². The van der Waals surface area contributed by atoms with Gasteiger partial charge in [0.1, 0.15) is 5.75 Å². The molecule has 0 saturated heterocycles. The van der Waals surface area contributed by atoms with Crippen molar-refractivity contribution < 1.29 is 23.7 Å². The molecule has 1 N–H and O–H groups in total. The van der Waals surface area contributed by atoms with Crippen LogP contribution >= 0.6 is 0 Å². The molecule has 2 rings (SSSR count). The Morgan fingerprint density at radius 3 is 2.07 bits per heavy atom. The quantitative estimate of drug-likeness (QED) is 0.569. The summed E-state index contributed by atoms with van der Waals surface area (Å²) in [5, 5.41) is 3.94. The van der Waals surface area contributed by atoms with E-state index in [0.29, 0.717) is 28.6 Å². The fourth-order valence-electron chi connectivity index (χ4n) is 2.55. The molecule has 0 aliphatic carbocycles. The largest absolute Gasteiger partial charge is 0.493 e. The van der Waals surface area contributed by atoms with Gasteiger partial charge in [0.25, 0.3) is 5.91 Å². The van der Waals surface area contributed by atoms with Crippen LogP contribution in [0.25, 0.3) is 0 Å². The van der Waals surface area contributed by atoms with Gasteiger partial charge in [0.2, 0.25) is 5.75 Å². The molecule has 7 heteroatoms. The molecule has 7 nitrogen and oxygen atoms in total. The van der Waals surface area contributed by atoms with Gasteiger partial charge in [0, 0.05) is 5.56 Å². The Bertz CT molecular complexity index is 788. The van der Waals surface area contributed by atoms with Gasteiger partial charge in [0.05, 0.1) is 27.5 Å². The summed E-state index contributed by atoms with van der Waals surface area (Å²) in [5.41, 5.74) is 5.26. The van der Waals surface area contributed by atoms with Gasteiger partial charge < -0.3 is 18.9 Å². The molecule has 2 aromatic carbocycles. The number of methoxy groups -OCH3 is 3. The van der Waals surface area contributed by atoms with E-state index in [4.69, 9.17) is 18.9 Å². The average molecular weight is 372 g/mol. The van der Waals surface area contributed by atoms with Gasteiger partial charge in [-0.2, -0.15) is 5.10 Å². The van der Waals surface area contributed by atoms with Crippen molar-refractivity contribution in [3.63, 3.8) is 0 Å². The van der Waals surface area contributed by atoms with Crippen LogP contribution in [0.1, 0.15) is 16.7 Å². The van der Waals surface area contributed by atoms with Gasteiger partial charge in [-0.05, 0) is 49.2 Å². The maximum absolute atomic E-state index is 11.9. The third kappa shape index (κ3) is 5.64. The van der Waals surface area contributed by atoms with Crippen molar-refractivity contribution in [2.75, 3.05) is 27.9 Å². The Labute approximate surface area is 158 Å². The van der Waals surface area contributed by atoms with Crippen LogP contribution in [-0.4, -0.2) is 40.1 Å². The zero-order chi connectivity index (χ0) is 19.8. The number of hydrazone groups is 1. The first-order chi connectivity index (χ1) is 13.0. The Morgan fingerprint density at radius 1 is 0.963 bits per heavy atom. The lowest BCUT2D eigenvalue weighted by Crippen LogP contribution is -2.24. The summed E-state index contributed by atoms with van der Waals surface area (Å²) in [6.45, 7) is 3.82. The van der Waals surface area contributed by atoms with Crippen LogP contribution in [0.15, 0.2) is 35.4 Å². The lowest BCUT2D eigenvalue weighted by Gasteiger charge is -2.12. The molecular weight excluding hydrogens is 348 g/mol. The van der Waals surface area contributed by atoms with Crippen LogP contribution in [-0.2, 0) is 4.79 Å². The molecule has 1 amide bonds. The molecule has 27 heavy (non-hydrogen) atoms. The predicted molar refractivity (Wildman–Crippen MR) is 103 cm³/mol. The highest BCUT2D eigenvalue weighted by Gasteiger charge is 2.12. The van der Waals surface area contributed by atoms with Gasteiger partial charge in [-0.15, -0.1) is 0 Å². The SMILES string of the molecule is COc1cc(C=NNC(=O)COc2cc(C)cc(C)c2)cc(OC)c1OC. The lowest BCUT2D eigenvalue weighted by atomic mass is 10.1. The molecule has 0 fully saturated rings. The summed E-state index contributed by atoms with van der Waals surface area (Å²) in [5.74, 6) is 1.78. The molecule has 2 aromatic rings. The number of nitrogens with zero attached hydrogens (tertiary/aromatic N) is 1. The van der Waals surface area contributed by atoms with Crippen LogP contribution in [0.5, 0.6) is 23.0 Å². The topological polar surface area (TPSA) is 78.4 Å². The van der Waals surface area contributed by atoms with E-state index in [-0.39, 0.29) is 12.5 Å². The standard InChI is InChI=1S/C20H24N2O5/c1-13-6-14(2)8-16(7-13)27-12-19(23)22-21-11-15-9-17(24-3)20(26-5)18(10-15)25-4/h6-11H,12H2,1-5H3,(H,22,23). The monoisotopic (exact) mass is 372 g/mol. The van der Waals surface area contributed by atoms with Gasteiger partial charge >= 0.3 is 0 Å². The number of amides is 1. The van der Waals surface area contributed by atoms with E-state index in [9.17, 15) is 4.79 Å². The molecule has 0 atom stereocenters. The van der Waals surface area contributed by atoms with Crippen molar-refractivity contribution in [1.82, 2.24) is 5.43 Å². The Kier molecular flexibility index (Phi) is 7.05. The molecule has 0 aliphatic rings. The van der Waals surface area contributed by atoms with Crippen molar-refractivity contribution in [1.29, 1.82) is 0 Å². The first-order valence-electron chi connectivity index (χ1n) is 8.29. The summed E-state index contributed by atoms with van der Waals surface area (Å²) in [6, 6.07) is 9.24. The second-order valence-electron chi connectivity index (χ2n) is 5.86. The third-order valence-corrected chi connectivity index (χ3v) is 3.66. The number of hydrogen-bond donors (Lipinski definition) is 1. The van der Waals surface area contributed by atoms with Crippen LogP contribution in [0.3, 0.4) is 0 Å². The summed E-state index contributed by atoms with van der Waals surface area (Å²) < 4.78 is 21.3. The van der Waals surface area contributed by atoms with Gasteiger partial charge in [-0.1, -0.05) is 6.07 Å². The minimum atomic E-state index is -0.363. The fraction of sp³-hybridized carbons (Fsp3) is 0.300. The van der Waals surface area contributed by atoms with E-state index in [0.717, 1.165) is 11.1 Å². The molecular formula is C20H24N2O5. The number of hydrogen-bond acceptors (Lipinski definition) is 6. The molecule has 0 radical (unpaired) electrons. The number of rotatable bonds is 8. The highest BCUT2D eigenvalue weighted by molar-refractivity contribution is 5.84. The van der Waals surface area contributed by atoms with Gasteiger partial charge in [0.15, 0.2) is 18.1 Å². The summed E-state index contributed by atoms with van der Waals surface area (Å²) in [7, 11) is 4.60. The zero-order valence-corrected chi connectivity index (χ0v) is 16.2. The molecule has 144 valence electrons. The van der Waals surface area contributed by atoms with Crippen molar-refractivity contribution >= 4 is 12.1 Å². The van der Waals surface area contributed by atoms with Crippen molar-refractivity contribution in [3.8, 4) is 23.0 Å². The second kappa shape index (κ2) is 9.47. The highest BCUT2D eigenvalue weighted by atomic mass is 16.5. The summed E-state index contributed by atoms with van der Waals surface area (Å²) in [6.07, 6.45) is 1.49. The highest BCUT2D eigenvalue weighted by Crippen LogP contribution is 2.37. The van der Waals surface area contributed by atoms with E-state index >= 15 is 0 Å². The first kappa shape index (κ1) is 20.1. The molecule has 0 saturated carbocycles. The molecule has 0 heterocycles. The van der Waals surface area contributed by atoms with Crippen LogP contribution < -0.4 is 24.4 Å². The smallest absolute Gasteiger partial charge is 0.277 e. The Hall–Kier alpha value is -3.22. The maximum Gasteiger partial charge on any atom is 0.277 e. The third-order valence-electron chi connectivity index (χ3n) is 3.66. The second-order valence-corrected chi connectivity index (χ2v) is 5.86. The van der Waals surface area contributed by atoms with Crippen LogP contribution in [0.4, 0.5) is 0 Å². The van der Waals surface area contributed by atoms with Crippen LogP contribution in [0, 0.1) is 13.8 Å². The minimum Gasteiger partial charge on any atom is -0.493 e. The van der Waals surface area contributed by atoms with Gasteiger partial charge in [-0.3, -0.25) is 4.79 Å². The Morgan fingerprint density at radius 2 is 1.56 bits per heavy atom. The number of benzene rings is 2. The number of aryl methyl sites for hydroxylation is 2. The van der Waals surface area contributed by atoms with Crippen molar-refractivity contribution in [2.24, 2.45) is 5.10 Å². The van der Waals surface area contributed by atoms with Crippen molar-refractivity contribution in [2.45, 2.75) is 13.8 Å². The van der Waals surface area contributed by atoms with E-state index in [1.807, 2.05) is 32.0 Å². The number of carbonyl (C=O) groups excluding carboxylic acids is 1. The fourth-order valence-corrected chi connectivity index (χ4v) is 2.55. The number of nitrogens with one attached hydrogen (secondary N) is 1. The van der Waals surface area contributed by atoms with Crippen LogP contribution in [0.2, 0.25) is 0 Å². The van der Waals surface area contributed by atoms with E-state index in [1.54, 1.807) is 12.1 Å². The molecule has 0 aliphatic heterocycles. The maximum atomic E-state index is 11.9. The lowest BCUT2D eigenvalue weighted by molar-refractivity contribution is -0.123. The Balaban J connectivity index is 1.97. The average Bonchev–Trinajstić information content (AvgIpc) is 2.64. The normalized spacial score (nSPS) is 10.6. The van der Waals surface area contributed by atoms with Gasteiger partial charge in [-0.25, -0.2) is 5.43 Å². The molecule has 0 aromatic heterocycles. The number of ether oxygens (including phenoxy) is 4. The van der Waals surface area contributed by atoms with Crippen molar-refractivity contribution in [3.05, 3.63) is 47.0 Å². The minimum absolute atomic E-state index is 0.129. The van der Waals surface area contributed by atoms with E-state index < -0.39 is 0 Å². The predicted octanol–water partition coefficient (Wildman–Crippen LogP) is 2.86. The molecule has 0 unspecified atom stereocenters. The number of carbonyl (C=O) groups is 1. The summed E-state index contributed by atoms with van der Waals surface area (Å²) in [4.78, 5) is 11.9.